The Morgan fingerprint density at radius 2 is 2.10 bits per heavy atom. The van der Waals surface area contributed by atoms with Crippen molar-refractivity contribution in [2.24, 2.45) is 0 Å². The quantitative estimate of drug-likeness (QED) is 0.566. The first-order valence-corrected chi connectivity index (χ1v) is 11.4. The highest BCUT2D eigenvalue weighted by molar-refractivity contribution is 5.22. The molecule has 31 heavy (non-hydrogen) atoms. The predicted octanol–water partition coefficient (Wildman–Crippen LogP) is 3.39. The number of aromatic nitrogens is 3. The Hall–Kier alpha value is -2.03. The van der Waals surface area contributed by atoms with Crippen LogP contribution in [0.1, 0.15) is 50.2 Å². The molecule has 2 aromatic rings. The molecular formula is C23H33FN4O3. The number of likely N-dealkylation sites (tertiary alicyclic amines) is 1. The van der Waals surface area contributed by atoms with Crippen molar-refractivity contribution in [3.8, 4) is 5.75 Å². The Kier molecular flexibility index (Phi) is 7.88. The number of halogens is 1. The van der Waals surface area contributed by atoms with E-state index in [0.717, 1.165) is 57.8 Å². The van der Waals surface area contributed by atoms with E-state index in [4.69, 9.17) is 24.3 Å². The number of piperidine rings is 1. The smallest absolute Gasteiger partial charge is 0.188 e. The molecule has 0 amide bonds. The van der Waals surface area contributed by atoms with Crippen molar-refractivity contribution in [1.82, 2.24) is 19.7 Å². The van der Waals surface area contributed by atoms with Gasteiger partial charge in [0.2, 0.25) is 0 Å². The van der Waals surface area contributed by atoms with Gasteiger partial charge in [-0.25, -0.2) is 14.1 Å². The fourth-order valence-electron chi connectivity index (χ4n) is 4.53. The first-order chi connectivity index (χ1) is 15.2. The molecule has 1 atom stereocenters. The van der Waals surface area contributed by atoms with Crippen LogP contribution in [0.2, 0.25) is 0 Å². The Morgan fingerprint density at radius 1 is 1.23 bits per heavy atom. The summed E-state index contributed by atoms with van der Waals surface area (Å²) >= 11 is 0. The van der Waals surface area contributed by atoms with Crippen molar-refractivity contribution in [2.45, 2.75) is 57.7 Å². The molecule has 0 radical (unpaired) electrons. The van der Waals surface area contributed by atoms with Gasteiger partial charge in [-0.1, -0.05) is 6.07 Å². The van der Waals surface area contributed by atoms with Gasteiger partial charge in [0.25, 0.3) is 0 Å². The number of nitrogens with zero attached hydrogens (tertiary/aromatic N) is 4. The van der Waals surface area contributed by atoms with E-state index in [0.29, 0.717) is 43.3 Å². The molecule has 0 aliphatic carbocycles. The summed E-state index contributed by atoms with van der Waals surface area (Å²) in [6.45, 7) is 8.03. The fourth-order valence-corrected chi connectivity index (χ4v) is 4.53. The molecule has 170 valence electrons. The summed E-state index contributed by atoms with van der Waals surface area (Å²) in [7, 11) is 0. The molecule has 8 heteroatoms. The second-order valence-electron chi connectivity index (χ2n) is 8.23. The molecule has 0 saturated carbocycles. The van der Waals surface area contributed by atoms with E-state index in [-0.39, 0.29) is 12.4 Å². The Bertz CT molecular complexity index is 825. The molecule has 0 bridgehead atoms. The molecule has 1 unspecified atom stereocenters. The van der Waals surface area contributed by atoms with Crippen LogP contribution in [0.4, 0.5) is 4.39 Å². The van der Waals surface area contributed by atoms with Crippen molar-refractivity contribution in [3.05, 3.63) is 41.7 Å². The lowest BCUT2D eigenvalue weighted by atomic mass is 9.94. The van der Waals surface area contributed by atoms with E-state index in [1.165, 1.54) is 12.1 Å². The lowest BCUT2D eigenvalue weighted by Gasteiger charge is -2.39. The number of hydrogen-bond donors (Lipinski definition) is 0. The van der Waals surface area contributed by atoms with Crippen LogP contribution in [-0.4, -0.2) is 65.2 Å². The van der Waals surface area contributed by atoms with Crippen molar-refractivity contribution >= 4 is 0 Å². The third-order valence-corrected chi connectivity index (χ3v) is 6.08. The third kappa shape index (κ3) is 6.02. The minimum absolute atomic E-state index is 0.217. The van der Waals surface area contributed by atoms with Gasteiger partial charge in [-0.05, 0) is 51.3 Å². The minimum atomic E-state index is -0.316. The Labute approximate surface area is 183 Å². The number of ether oxygens (including phenoxy) is 3. The van der Waals surface area contributed by atoms with Crippen molar-refractivity contribution < 1.29 is 18.6 Å². The van der Waals surface area contributed by atoms with Crippen LogP contribution in [0.3, 0.4) is 0 Å². The molecular weight excluding hydrogens is 399 g/mol. The van der Waals surface area contributed by atoms with E-state index >= 15 is 0 Å². The topological polar surface area (TPSA) is 61.6 Å². The van der Waals surface area contributed by atoms with E-state index in [9.17, 15) is 4.39 Å². The second-order valence-corrected chi connectivity index (χ2v) is 8.23. The first kappa shape index (κ1) is 22.2. The lowest BCUT2D eigenvalue weighted by molar-refractivity contribution is 0.0231. The summed E-state index contributed by atoms with van der Waals surface area (Å²) < 4.78 is 32.3. The Balaban J connectivity index is 1.46. The molecule has 0 N–H and O–H groups in total. The van der Waals surface area contributed by atoms with Gasteiger partial charge in [0, 0.05) is 44.4 Å². The van der Waals surface area contributed by atoms with Gasteiger partial charge < -0.3 is 14.2 Å². The summed E-state index contributed by atoms with van der Waals surface area (Å²) in [4.78, 5) is 7.47. The van der Waals surface area contributed by atoms with Crippen LogP contribution >= 0.6 is 0 Å². The van der Waals surface area contributed by atoms with Gasteiger partial charge >= 0.3 is 0 Å². The zero-order valence-corrected chi connectivity index (χ0v) is 18.3. The first-order valence-electron chi connectivity index (χ1n) is 11.4. The molecule has 2 fully saturated rings. The van der Waals surface area contributed by atoms with Crippen LogP contribution in [0.15, 0.2) is 24.3 Å². The molecule has 1 aromatic carbocycles. The van der Waals surface area contributed by atoms with Crippen LogP contribution in [0.5, 0.6) is 5.75 Å². The van der Waals surface area contributed by atoms with Gasteiger partial charge in [0.05, 0.1) is 13.2 Å². The van der Waals surface area contributed by atoms with Crippen LogP contribution in [-0.2, 0) is 22.6 Å². The maximum absolute atomic E-state index is 13.4. The fraction of sp³-hybridized carbons (Fsp3) is 0.652. The highest BCUT2D eigenvalue weighted by Gasteiger charge is 2.30. The van der Waals surface area contributed by atoms with Gasteiger partial charge in [-0.2, -0.15) is 5.10 Å². The molecule has 3 heterocycles. The molecule has 1 aromatic heterocycles. The van der Waals surface area contributed by atoms with Crippen molar-refractivity contribution in [3.63, 3.8) is 0 Å². The monoisotopic (exact) mass is 432 g/mol. The maximum Gasteiger partial charge on any atom is 0.188 e. The van der Waals surface area contributed by atoms with Gasteiger partial charge in [-0.3, -0.25) is 4.90 Å². The summed E-state index contributed by atoms with van der Waals surface area (Å²) in [6, 6.07) is 6.76. The van der Waals surface area contributed by atoms with E-state index in [2.05, 4.69) is 4.90 Å². The van der Waals surface area contributed by atoms with Crippen LogP contribution in [0, 0.1) is 5.82 Å². The van der Waals surface area contributed by atoms with Crippen LogP contribution < -0.4 is 4.74 Å². The molecule has 2 aliphatic heterocycles. The molecule has 4 rings (SSSR count). The largest absolute Gasteiger partial charge is 0.485 e. The normalized spacial score (nSPS) is 20.8. The summed E-state index contributed by atoms with van der Waals surface area (Å²) in [5, 5.41) is 4.70. The van der Waals surface area contributed by atoms with E-state index < -0.39 is 0 Å². The second kappa shape index (κ2) is 11.0. The number of benzene rings is 1. The van der Waals surface area contributed by atoms with E-state index in [1.54, 1.807) is 12.1 Å². The summed E-state index contributed by atoms with van der Waals surface area (Å²) in [5.74, 6) is 2.14. The highest BCUT2D eigenvalue weighted by atomic mass is 19.1. The SMILES string of the molecule is CCOCCn1nc(COc2cccc(F)c2)nc1C1CCCN(C2CCOCC2)C1. The summed E-state index contributed by atoms with van der Waals surface area (Å²) in [5.41, 5.74) is 0. The van der Waals surface area contributed by atoms with Crippen LogP contribution in [0.25, 0.3) is 0 Å². The lowest BCUT2D eigenvalue weighted by Crippen LogP contribution is -2.45. The van der Waals surface area contributed by atoms with Crippen molar-refractivity contribution in [1.29, 1.82) is 0 Å². The average Bonchev–Trinajstić information content (AvgIpc) is 3.22. The van der Waals surface area contributed by atoms with Gasteiger partial charge in [0.1, 0.15) is 24.0 Å². The zero-order chi connectivity index (χ0) is 21.5. The minimum Gasteiger partial charge on any atom is -0.485 e. The predicted molar refractivity (Wildman–Crippen MR) is 115 cm³/mol. The van der Waals surface area contributed by atoms with Crippen molar-refractivity contribution in [2.75, 3.05) is 39.5 Å². The number of rotatable bonds is 9. The van der Waals surface area contributed by atoms with Gasteiger partial charge in [0.15, 0.2) is 5.82 Å². The average molecular weight is 433 g/mol. The molecule has 2 saturated heterocycles. The van der Waals surface area contributed by atoms with E-state index in [1.807, 2.05) is 11.6 Å². The number of hydrogen-bond acceptors (Lipinski definition) is 6. The van der Waals surface area contributed by atoms with Gasteiger partial charge in [-0.15, -0.1) is 0 Å². The molecule has 7 nitrogen and oxygen atoms in total. The standard InChI is InChI=1S/C23H33FN4O3/c1-2-29-14-11-28-23(18-5-4-10-27(16-18)20-8-12-30-13-9-20)25-22(26-28)17-31-21-7-3-6-19(24)15-21/h3,6-7,15,18,20H,2,4-5,8-14,16-17H2,1H3. The third-order valence-electron chi connectivity index (χ3n) is 6.08. The summed E-state index contributed by atoms with van der Waals surface area (Å²) in [6.07, 6.45) is 4.49. The highest BCUT2D eigenvalue weighted by Crippen LogP contribution is 2.29. The molecule has 2 aliphatic rings. The maximum atomic E-state index is 13.4. The molecule has 0 spiro atoms. The zero-order valence-electron chi connectivity index (χ0n) is 18.3. The Morgan fingerprint density at radius 3 is 2.90 bits per heavy atom.